The highest BCUT2D eigenvalue weighted by molar-refractivity contribution is 9.10. The van der Waals surface area contributed by atoms with E-state index >= 15 is 0 Å². The molecule has 6 nitrogen and oxygen atoms in total. The van der Waals surface area contributed by atoms with Gasteiger partial charge in [0, 0.05) is 4.47 Å². The number of nitrogens with zero attached hydrogens (tertiary/aromatic N) is 1. The monoisotopic (exact) mass is 376 g/mol. The van der Waals surface area contributed by atoms with E-state index in [0.717, 1.165) is 9.37 Å². The van der Waals surface area contributed by atoms with Crippen molar-refractivity contribution in [3.63, 3.8) is 0 Å². The summed E-state index contributed by atoms with van der Waals surface area (Å²) in [7, 11) is -3.47. The van der Waals surface area contributed by atoms with Crippen LogP contribution in [-0.4, -0.2) is 50.9 Å². The zero-order valence-electron chi connectivity index (χ0n) is 11.8. The first kappa shape index (κ1) is 16.4. The third-order valence-electron chi connectivity index (χ3n) is 3.86. The SMILES string of the molecule is C[C@@H](C(N)=O)[NH+]1CCN(S(=O)(=O)c2ccc(Br)cc2)CC1. The maximum absolute atomic E-state index is 12.5. The van der Waals surface area contributed by atoms with Gasteiger partial charge in [0.15, 0.2) is 6.04 Å². The predicted molar refractivity (Wildman–Crippen MR) is 82.3 cm³/mol. The van der Waals surface area contributed by atoms with E-state index in [9.17, 15) is 13.2 Å². The van der Waals surface area contributed by atoms with Crippen molar-refractivity contribution in [2.24, 2.45) is 5.73 Å². The maximum atomic E-state index is 12.5. The van der Waals surface area contributed by atoms with Crippen LogP contribution in [0, 0.1) is 0 Å². The molecule has 1 aliphatic rings. The highest BCUT2D eigenvalue weighted by Gasteiger charge is 2.33. The summed E-state index contributed by atoms with van der Waals surface area (Å²) < 4.78 is 27.3. The van der Waals surface area contributed by atoms with Crippen molar-refractivity contribution < 1.29 is 18.1 Å². The molecule has 1 fully saturated rings. The van der Waals surface area contributed by atoms with Crippen LogP contribution in [-0.2, 0) is 14.8 Å². The third kappa shape index (κ3) is 3.63. The highest BCUT2D eigenvalue weighted by atomic mass is 79.9. The lowest BCUT2D eigenvalue weighted by atomic mass is 10.2. The van der Waals surface area contributed by atoms with Crippen LogP contribution in [0.1, 0.15) is 6.92 Å². The van der Waals surface area contributed by atoms with Crippen molar-refractivity contribution in [3.8, 4) is 0 Å². The van der Waals surface area contributed by atoms with Crippen LogP contribution in [0.4, 0.5) is 0 Å². The van der Waals surface area contributed by atoms with Crippen molar-refractivity contribution in [2.45, 2.75) is 17.9 Å². The molecule has 0 spiro atoms. The van der Waals surface area contributed by atoms with Crippen LogP contribution in [0.2, 0.25) is 0 Å². The highest BCUT2D eigenvalue weighted by Crippen LogP contribution is 2.18. The van der Waals surface area contributed by atoms with E-state index in [-0.39, 0.29) is 16.8 Å². The Morgan fingerprint density at radius 1 is 1.29 bits per heavy atom. The zero-order valence-corrected chi connectivity index (χ0v) is 14.2. The van der Waals surface area contributed by atoms with Gasteiger partial charge in [-0.1, -0.05) is 15.9 Å². The topological polar surface area (TPSA) is 84.9 Å². The number of benzene rings is 1. The molecule has 21 heavy (non-hydrogen) atoms. The Hall–Kier alpha value is -0.960. The smallest absolute Gasteiger partial charge is 0.275 e. The Kier molecular flexibility index (Phi) is 5.03. The summed E-state index contributed by atoms with van der Waals surface area (Å²) in [6.45, 7) is 3.73. The Balaban J connectivity index is 2.07. The second-order valence-electron chi connectivity index (χ2n) is 5.14. The second kappa shape index (κ2) is 6.43. The number of sulfonamides is 1. The number of piperazine rings is 1. The molecule has 0 aromatic heterocycles. The number of halogens is 1. The quantitative estimate of drug-likeness (QED) is 0.722. The number of hydrogen-bond donors (Lipinski definition) is 2. The van der Waals surface area contributed by atoms with Gasteiger partial charge in [-0.15, -0.1) is 0 Å². The van der Waals surface area contributed by atoms with Crippen LogP contribution in [0.15, 0.2) is 33.6 Å². The second-order valence-corrected chi connectivity index (χ2v) is 7.99. The summed E-state index contributed by atoms with van der Waals surface area (Å²) in [5.41, 5.74) is 5.30. The van der Waals surface area contributed by atoms with Crippen LogP contribution in [0.3, 0.4) is 0 Å². The van der Waals surface area contributed by atoms with Crippen molar-refractivity contribution in [1.29, 1.82) is 0 Å². The average Bonchev–Trinajstić information content (AvgIpc) is 2.47. The average molecular weight is 377 g/mol. The molecule has 0 saturated carbocycles. The number of nitrogens with one attached hydrogen (secondary N) is 1. The molecule has 1 saturated heterocycles. The lowest BCUT2D eigenvalue weighted by molar-refractivity contribution is -0.917. The summed E-state index contributed by atoms with van der Waals surface area (Å²) in [5, 5.41) is 0. The van der Waals surface area contributed by atoms with Crippen LogP contribution < -0.4 is 10.6 Å². The molecule has 1 amide bonds. The Morgan fingerprint density at radius 2 is 1.81 bits per heavy atom. The predicted octanol–water partition coefficient (Wildman–Crippen LogP) is -0.788. The Morgan fingerprint density at radius 3 is 2.29 bits per heavy atom. The largest absolute Gasteiger partial charge is 0.365 e. The van der Waals surface area contributed by atoms with Gasteiger partial charge in [-0.3, -0.25) is 4.79 Å². The minimum absolute atomic E-state index is 0.289. The first-order valence-corrected chi connectivity index (χ1v) is 8.95. The van der Waals surface area contributed by atoms with Crippen molar-refractivity contribution in [2.75, 3.05) is 26.2 Å². The van der Waals surface area contributed by atoms with Gasteiger partial charge < -0.3 is 10.6 Å². The van der Waals surface area contributed by atoms with Gasteiger partial charge in [0.05, 0.1) is 31.1 Å². The van der Waals surface area contributed by atoms with Gasteiger partial charge in [-0.25, -0.2) is 8.42 Å². The van der Waals surface area contributed by atoms with Gasteiger partial charge >= 0.3 is 0 Å². The lowest BCUT2D eigenvalue weighted by Crippen LogP contribution is -3.19. The summed E-state index contributed by atoms with van der Waals surface area (Å²) in [4.78, 5) is 12.5. The van der Waals surface area contributed by atoms with E-state index < -0.39 is 10.0 Å². The maximum Gasteiger partial charge on any atom is 0.275 e. The summed E-state index contributed by atoms with van der Waals surface area (Å²) in [6, 6.07) is 6.31. The number of amides is 1. The third-order valence-corrected chi connectivity index (χ3v) is 6.30. The molecule has 1 atom stereocenters. The van der Waals surface area contributed by atoms with Gasteiger partial charge in [0.2, 0.25) is 10.0 Å². The van der Waals surface area contributed by atoms with E-state index in [1.54, 1.807) is 31.2 Å². The first-order valence-electron chi connectivity index (χ1n) is 6.72. The number of quaternary nitrogens is 1. The Labute approximate surface area is 133 Å². The van der Waals surface area contributed by atoms with Crippen molar-refractivity contribution in [3.05, 3.63) is 28.7 Å². The molecular formula is C13H19BrN3O3S+. The molecule has 1 aliphatic heterocycles. The van der Waals surface area contributed by atoms with Crippen LogP contribution in [0.25, 0.3) is 0 Å². The van der Waals surface area contributed by atoms with Gasteiger partial charge in [-0.05, 0) is 31.2 Å². The van der Waals surface area contributed by atoms with Gasteiger partial charge in [-0.2, -0.15) is 4.31 Å². The fourth-order valence-corrected chi connectivity index (χ4v) is 4.11. The molecule has 0 unspecified atom stereocenters. The fourth-order valence-electron chi connectivity index (χ4n) is 2.40. The van der Waals surface area contributed by atoms with Crippen molar-refractivity contribution in [1.82, 2.24) is 4.31 Å². The molecule has 1 aromatic rings. The van der Waals surface area contributed by atoms with E-state index in [4.69, 9.17) is 5.73 Å². The molecule has 1 aromatic carbocycles. The number of primary amides is 1. The van der Waals surface area contributed by atoms with E-state index in [1.165, 1.54) is 4.31 Å². The van der Waals surface area contributed by atoms with Crippen LogP contribution >= 0.6 is 15.9 Å². The molecule has 8 heteroatoms. The lowest BCUT2D eigenvalue weighted by Gasteiger charge is -2.33. The van der Waals surface area contributed by atoms with E-state index in [0.29, 0.717) is 26.2 Å². The zero-order chi connectivity index (χ0) is 15.6. The first-order chi connectivity index (χ1) is 9.82. The Bertz CT molecular complexity index is 610. The fraction of sp³-hybridized carbons (Fsp3) is 0.462. The molecule has 0 bridgehead atoms. The molecule has 2 rings (SSSR count). The molecule has 3 N–H and O–H groups in total. The van der Waals surface area contributed by atoms with E-state index in [2.05, 4.69) is 15.9 Å². The number of hydrogen-bond acceptors (Lipinski definition) is 3. The van der Waals surface area contributed by atoms with Crippen molar-refractivity contribution >= 4 is 31.9 Å². The minimum Gasteiger partial charge on any atom is -0.365 e. The molecular weight excluding hydrogens is 358 g/mol. The normalized spacial score (nSPS) is 19.3. The van der Waals surface area contributed by atoms with Crippen LogP contribution in [0.5, 0.6) is 0 Å². The standard InChI is InChI=1S/C13H18BrN3O3S/c1-10(13(15)18)16-6-8-17(9-7-16)21(19,20)12-4-2-11(14)3-5-12/h2-5,10H,6-9H2,1H3,(H2,15,18)/p+1/t10-/m0/s1. The van der Waals surface area contributed by atoms with Gasteiger partial charge in [0.25, 0.3) is 5.91 Å². The number of carbonyl (C=O) groups excluding carboxylic acids is 1. The summed E-state index contributed by atoms with van der Waals surface area (Å²) in [5.74, 6) is -0.353. The van der Waals surface area contributed by atoms with Gasteiger partial charge in [0.1, 0.15) is 0 Å². The number of rotatable bonds is 4. The summed E-state index contributed by atoms with van der Waals surface area (Å²) >= 11 is 3.29. The molecule has 0 aliphatic carbocycles. The molecule has 116 valence electrons. The molecule has 0 radical (unpaired) electrons. The minimum atomic E-state index is -3.47. The van der Waals surface area contributed by atoms with E-state index in [1.807, 2.05) is 0 Å². The number of nitrogens with two attached hydrogens (primary N) is 1. The summed E-state index contributed by atoms with van der Waals surface area (Å²) in [6.07, 6.45) is 0. The molecule has 1 heterocycles. The number of carbonyl (C=O) groups is 1.